The first-order chi connectivity index (χ1) is 8.70. The van der Waals surface area contributed by atoms with Gasteiger partial charge in [-0.15, -0.1) is 11.6 Å². The highest BCUT2D eigenvalue weighted by Crippen LogP contribution is 2.43. The second kappa shape index (κ2) is 4.56. The number of nitrogens with zero attached hydrogens (tertiary/aromatic N) is 2. The number of aromatic nitrogens is 2. The van der Waals surface area contributed by atoms with E-state index >= 15 is 0 Å². The summed E-state index contributed by atoms with van der Waals surface area (Å²) in [4.78, 5) is 16.2. The SMILES string of the molecule is O=C(CCl)C1CCC1c1cn2cccc(Cl)c2n1. The molecule has 1 aliphatic carbocycles. The van der Waals surface area contributed by atoms with Crippen molar-refractivity contribution >= 4 is 34.6 Å². The van der Waals surface area contributed by atoms with Gasteiger partial charge in [0, 0.05) is 24.2 Å². The number of Topliss-reactive ketones (excluding diaryl/α,β-unsaturated/α-hetero) is 1. The van der Waals surface area contributed by atoms with Crippen LogP contribution in [-0.2, 0) is 4.79 Å². The van der Waals surface area contributed by atoms with Crippen molar-refractivity contribution in [3.63, 3.8) is 0 Å². The highest BCUT2D eigenvalue weighted by atomic mass is 35.5. The summed E-state index contributed by atoms with van der Waals surface area (Å²) in [5.41, 5.74) is 1.69. The van der Waals surface area contributed by atoms with Crippen LogP contribution >= 0.6 is 23.2 Å². The molecule has 1 aliphatic rings. The van der Waals surface area contributed by atoms with Crippen LogP contribution in [0.2, 0.25) is 5.02 Å². The molecular weight excluding hydrogens is 271 g/mol. The molecule has 2 aromatic heterocycles. The number of alkyl halides is 1. The van der Waals surface area contributed by atoms with Crippen LogP contribution in [0, 0.1) is 5.92 Å². The Morgan fingerprint density at radius 1 is 1.50 bits per heavy atom. The monoisotopic (exact) mass is 282 g/mol. The summed E-state index contributed by atoms with van der Waals surface area (Å²) in [6.07, 6.45) is 5.78. The zero-order valence-corrected chi connectivity index (χ0v) is 11.2. The molecule has 0 radical (unpaired) electrons. The standard InChI is InChI=1S/C13H12Cl2N2O/c14-6-12(18)9-4-3-8(9)11-7-17-5-1-2-10(15)13(17)16-11/h1-2,5,7-9H,3-4,6H2. The lowest BCUT2D eigenvalue weighted by Gasteiger charge is -2.33. The normalized spacial score (nSPS) is 23.0. The van der Waals surface area contributed by atoms with E-state index in [9.17, 15) is 4.79 Å². The van der Waals surface area contributed by atoms with E-state index in [-0.39, 0.29) is 23.5 Å². The van der Waals surface area contributed by atoms with E-state index in [0.29, 0.717) is 5.02 Å². The Bertz CT molecular complexity index is 608. The van der Waals surface area contributed by atoms with Crippen LogP contribution < -0.4 is 0 Å². The summed E-state index contributed by atoms with van der Waals surface area (Å²) < 4.78 is 1.90. The minimum absolute atomic E-state index is 0.0335. The number of hydrogen-bond acceptors (Lipinski definition) is 2. The van der Waals surface area contributed by atoms with E-state index < -0.39 is 0 Å². The Hall–Kier alpha value is -1.06. The van der Waals surface area contributed by atoms with Crippen molar-refractivity contribution in [2.75, 3.05) is 5.88 Å². The van der Waals surface area contributed by atoms with Gasteiger partial charge in [-0.25, -0.2) is 4.98 Å². The van der Waals surface area contributed by atoms with Crippen LogP contribution in [0.5, 0.6) is 0 Å². The van der Waals surface area contributed by atoms with Crippen molar-refractivity contribution in [2.24, 2.45) is 5.92 Å². The second-order valence-electron chi connectivity index (χ2n) is 4.64. The molecule has 0 N–H and O–H groups in total. The van der Waals surface area contributed by atoms with Crippen molar-refractivity contribution in [3.05, 3.63) is 35.2 Å². The van der Waals surface area contributed by atoms with Crippen LogP contribution in [0.4, 0.5) is 0 Å². The Balaban J connectivity index is 1.96. The third-order valence-electron chi connectivity index (χ3n) is 3.65. The predicted octanol–water partition coefficient (Wildman–Crippen LogP) is 3.29. The molecule has 0 amide bonds. The summed E-state index contributed by atoms with van der Waals surface area (Å²) in [7, 11) is 0. The van der Waals surface area contributed by atoms with Gasteiger partial charge in [-0.1, -0.05) is 11.6 Å². The average Bonchev–Trinajstić information content (AvgIpc) is 2.72. The molecule has 3 nitrogen and oxygen atoms in total. The molecule has 2 unspecified atom stereocenters. The predicted molar refractivity (Wildman–Crippen MR) is 71.4 cm³/mol. The van der Waals surface area contributed by atoms with E-state index in [0.717, 1.165) is 24.2 Å². The Morgan fingerprint density at radius 2 is 2.33 bits per heavy atom. The van der Waals surface area contributed by atoms with Crippen LogP contribution in [0.25, 0.3) is 5.65 Å². The number of carbonyl (C=O) groups is 1. The number of pyridine rings is 1. The van der Waals surface area contributed by atoms with Crippen LogP contribution in [-0.4, -0.2) is 21.0 Å². The first kappa shape index (κ1) is 12.0. The van der Waals surface area contributed by atoms with Crippen molar-refractivity contribution < 1.29 is 4.79 Å². The molecule has 0 aromatic carbocycles. The summed E-state index contributed by atoms with van der Waals surface area (Å²) in [6, 6.07) is 3.69. The number of rotatable bonds is 3. The van der Waals surface area contributed by atoms with Gasteiger partial charge in [-0.3, -0.25) is 4.79 Å². The maximum absolute atomic E-state index is 11.7. The lowest BCUT2D eigenvalue weighted by molar-refractivity contribution is -0.123. The highest BCUT2D eigenvalue weighted by Gasteiger charge is 2.38. The number of carbonyl (C=O) groups excluding carboxylic acids is 1. The van der Waals surface area contributed by atoms with E-state index in [1.54, 1.807) is 0 Å². The Labute approximate surface area is 115 Å². The van der Waals surface area contributed by atoms with Gasteiger partial charge in [-0.2, -0.15) is 0 Å². The molecule has 18 heavy (non-hydrogen) atoms. The van der Waals surface area contributed by atoms with Crippen LogP contribution in [0.15, 0.2) is 24.5 Å². The molecule has 2 heterocycles. The fourth-order valence-electron chi connectivity index (χ4n) is 2.51. The summed E-state index contributed by atoms with van der Waals surface area (Å²) in [6.45, 7) is 0. The molecule has 0 saturated heterocycles. The fourth-order valence-corrected chi connectivity index (χ4v) is 2.93. The maximum Gasteiger partial charge on any atom is 0.155 e. The molecular formula is C13H12Cl2N2O. The number of ketones is 1. The van der Waals surface area contributed by atoms with Gasteiger partial charge in [0.1, 0.15) is 0 Å². The third kappa shape index (κ3) is 1.82. The quantitative estimate of drug-likeness (QED) is 0.810. The Kier molecular flexibility index (Phi) is 3.04. The molecule has 1 saturated carbocycles. The Morgan fingerprint density at radius 3 is 2.94 bits per heavy atom. The van der Waals surface area contributed by atoms with E-state index in [2.05, 4.69) is 4.98 Å². The second-order valence-corrected chi connectivity index (χ2v) is 5.32. The lowest BCUT2D eigenvalue weighted by Crippen LogP contribution is -2.32. The van der Waals surface area contributed by atoms with Gasteiger partial charge in [0.25, 0.3) is 0 Å². The number of hydrogen-bond donors (Lipinski definition) is 0. The molecule has 3 rings (SSSR count). The smallest absolute Gasteiger partial charge is 0.155 e. The minimum atomic E-state index is 0.0335. The third-order valence-corrected chi connectivity index (χ3v) is 4.21. The van der Waals surface area contributed by atoms with Gasteiger partial charge in [0.15, 0.2) is 11.4 Å². The molecule has 0 aliphatic heterocycles. The van der Waals surface area contributed by atoms with Gasteiger partial charge >= 0.3 is 0 Å². The number of imidazole rings is 1. The fraction of sp³-hybridized carbons (Fsp3) is 0.385. The van der Waals surface area contributed by atoms with Crippen LogP contribution in [0.1, 0.15) is 24.5 Å². The van der Waals surface area contributed by atoms with Gasteiger partial charge in [-0.05, 0) is 25.0 Å². The number of halogens is 2. The topological polar surface area (TPSA) is 34.4 Å². The average molecular weight is 283 g/mol. The summed E-state index contributed by atoms with van der Waals surface area (Å²) in [5, 5.41) is 0.628. The highest BCUT2D eigenvalue weighted by molar-refractivity contribution is 6.33. The van der Waals surface area contributed by atoms with Gasteiger partial charge < -0.3 is 4.40 Å². The molecule has 5 heteroatoms. The van der Waals surface area contributed by atoms with Crippen molar-refractivity contribution in [1.29, 1.82) is 0 Å². The van der Waals surface area contributed by atoms with Gasteiger partial charge in [0.2, 0.25) is 0 Å². The zero-order valence-electron chi connectivity index (χ0n) is 9.64. The van der Waals surface area contributed by atoms with E-state index in [1.165, 1.54) is 0 Å². The molecule has 2 atom stereocenters. The molecule has 2 aromatic rings. The van der Waals surface area contributed by atoms with E-state index in [1.807, 2.05) is 28.9 Å². The van der Waals surface area contributed by atoms with Crippen molar-refractivity contribution in [2.45, 2.75) is 18.8 Å². The number of fused-ring (bicyclic) bond motifs is 1. The van der Waals surface area contributed by atoms with Crippen LogP contribution in [0.3, 0.4) is 0 Å². The zero-order chi connectivity index (χ0) is 12.7. The first-order valence-corrected chi connectivity index (χ1v) is 6.83. The van der Waals surface area contributed by atoms with Crippen molar-refractivity contribution in [1.82, 2.24) is 9.38 Å². The first-order valence-electron chi connectivity index (χ1n) is 5.92. The summed E-state index contributed by atoms with van der Waals surface area (Å²) in [5.74, 6) is 0.449. The largest absolute Gasteiger partial charge is 0.306 e. The molecule has 0 bridgehead atoms. The summed E-state index contributed by atoms with van der Waals surface area (Å²) >= 11 is 11.7. The maximum atomic E-state index is 11.7. The van der Waals surface area contributed by atoms with E-state index in [4.69, 9.17) is 23.2 Å². The molecule has 1 fully saturated rings. The minimum Gasteiger partial charge on any atom is -0.306 e. The lowest BCUT2D eigenvalue weighted by atomic mass is 9.70. The molecule has 0 spiro atoms. The molecule has 94 valence electrons. The van der Waals surface area contributed by atoms with Crippen molar-refractivity contribution in [3.8, 4) is 0 Å². The van der Waals surface area contributed by atoms with Gasteiger partial charge in [0.05, 0.1) is 16.6 Å².